The van der Waals surface area contributed by atoms with Gasteiger partial charge in [-0.1, -0.05) is 18.5 Å². The number of benzene rings is 2. The summed E-state index contributed by atoms with van der Waals surface area (Å²) < 4.78 is 60.3. The molecule has 2 aromatic rings. The largest absolute Gasteiger partial charge is 0.491 e. The van der Waals surface area contributed by atoms with Crippen molar-refractivity contribution in [3.63, 3.8) is 0 Å². The zero-order valence-electron chi connectivity index (χ0n) is 16.4. The zero-order valence-corrected chi connectivity index (χ0v) is 17.1. The second-order valence-electron chi connectivity index (χ2n) is 6.71. The third-order valence-electron chi connectivity index (χ3n) is 5.02. The van der Waals surface area contributed by atoms with E-state index < -0.39 is 40.5 Å². The quantitative estimate of drug-likeness (QED) is 0.550. The highest BCUT2D eigenvalue weighted by Crippen LogP contribution is 2.32. The number of nitrogens with zero attached hydrogens (tertiary/aromatic N) is 2. The summed E-state index contributed by atoms with van der Waals surface area (Å²) in [5, 5.41) is 2.54. The van der Waals surface area contributed by atoms with E-state index in [1.165, 1.54) is 12.1 Å². The molecule has 2 aromatic carbocycles. The second-order valence-corrected chi connectivity index (χ2v) is 7.11. The van der Waals surface area contributed by atoms with Crippen molar-refractivity contribution in [1.82, 2.24) is 4.90 Å². The predicted octanol–water partition coefficient (Wildman–Crippen LogP) is 4.30. The van der Waals surface area contributed by atoms with Crippen LogP contribution < -0.4 is 15.0 Å². The molecule has 0 aliphatic carbocycles. The topological polar surface area (TPSA) is 44.8 Å². The fourth-order valence-electron chi connectivity index (χ4n) is 3.33. The number of ether oxygens (including phenoxy) is 1. The van der Waals surface area contributed by atoms with Crippen LogP contribution in [0.5, 0.6) is 5.75 Å². The second kappa shape index (κ2) is 9.09. The molecule has 0 spiro atoms. The van der Waals surface area contributed by atoms with Crippen molar-refractivity contribution in [3.8, 4) is 5.75 Å². The fourth-order valence-corrected chi connectivity index (χ4v) is 3.63. The first-order valence-corrected chi connectivity index (χ1v) is 9.64. The summed E-state index contributed by atoms with van der Waals surface area (Å²) in [4.78, 5) is 16.7. The van der Waals surface area contributed by atoms with Gasteiger partial charge in [-0.2, -0.15) is 8.78 Å². The summed E-state index contributed by atoms with van der Waals surface area (Å²) in [5.74, 6) is -9.87. The number of amides is 1. The summed E-state index contributed by atoms with van der Waals surface area (Å²) in [5.41, 5.74) is -0.512. The van der Waals surface area contributed by atoms with E-state index in [-0.39, 0.29) is 5.69 Å². The molecule has 0 aromatic heterocycles. The number of carbonyl (C=O) groups is 1. The van der Waals surface area contributed by atoms with Gasteiger partial charge >= 0.3 is 0 Å². The molecule has 1 N–H and O–H groups in total. The van der Waals surface area contributed by atoms with Crippen LogP contribution in [0.25, 0.3) is 0 Å². The molecule has 5 nitrogen and oxygen atoms in total. The van der Waals surface area contributed by atoms with Gasteiger partial charge in [-0.15, -0.1) is 0 Å². The molecular weight excluding hydrogens is 426 g/mol. The summed E-state index contributed by atoms with van der Waals surface area (Å²) in [6.45, 7) is 6.38. The number of hydrogen-bond acceptors (Lipinski definition) is 4. The molecule has 3 rings (SSSR count). The van der Waals surface area contributed by atoms with Crippen LogP contribution in [0.4, 0.5) is 28.9 Å². The summed E-state index contributed by atoms with van der Waals surface area (Å²) in [6, 6.07) is 4.58. The normalized spacial score (nSPS) is 14.7. The summed E-state index contributed by atoms with van der Waals surface area (Å²) in [7, 11) is 0.853. The maximum Gasteiger partial charge on any atom is 0.261 e. The van der Waals surface area contributed by atoms with Gasteiger partial charge in [-0.3, -0.25) is 4.79 Å². The number of halogens is 5. The Morgan fingerprint density at radius 1 is 1.07 bits per heavy atom. The Balaban J connectivity index is 1.81. The van der Waals surface area contributed by atoms with Gasteiger partial charge in [-0.25, -0.2) is 8.78 Å². The molecule has 0 radical (unpaired) electrons. The van der Waals surface area contributed by atoms with E-state index in [2.05, 4.69) is 26.8 Å². The molecule has 1 amide bonds. The number of likely N-dealkylation sites (N-methyl/N-ethyl adjacent to an activating group) is 1. The van der Waals surface area contributed by atoms with E-state index in [4.69, 9.17) is 11.6 Å². The van der Waals surface area contributed by atoms with Crippen LogP contribution in [0.3, 0.4) is 0 Å². The molecule has 1 saturated heterocycles. The van der Waals surface area contributed by atoms with E-state index >= 15 is 0 Å². The smallest absolute Gasteiger partial charge is 0.261 e. The van der Waals surface area contributed by atoms with E-state index in [1.807, 2.05) is 0 Å². The molecule has 1 fully saturated rings. The lowest BCUT2D eigenvalue weighted by Gasteiger charge is -2.36. The van der Waals surface area contributed by atoms with E-state index in [0.717, 1.165) is 45.5 Å². The number of hydrogen-bond donors (Lipinski definition) is 1. The van der Waals surface area contributed by atoms with Gasteiger partial charge in [0, 0.05) is 31.9 Å². The van der Waals surface area contributed by atoms with Crippen LogP contribution in [0.2, 0.25) is 5.02 Å². The lowest BCUT2D eigenvalue weighted by molar-refractivity contribution is 0.101. The predicted molar refractivity (Wildman–Crippen MR) is 107 cm³/mol. The van der Waals surface area contributed by atoms with Crippen LogP contribution in [0.1, 0.15) is 17.3 Å². The first-order chi connectivity index (χ1) is 14.3. The minimum Gasteiger partial charge on any atom is -0.491 e. The van der Waals surface area contributed by atoms with Crippen molar-refractivity contribution in [3.05, 3.63) is 52.1 Å². The van der Waals surface area contributed by atoms with Crippen molar-refractivity contribution in [2.75, 3.05) is 50.1 Å². The standard InChI is InChI=1S/C20H20ClF4N3O2/c1-3-27-6-8-28(9-7-27)13-5-4-11(10-12(13)21)26-20(29)14-15(22)17(24)19(30-2)18(25)16(14)23/h4-5,10H,3,6-9H2,1-2H3,(H,26,29). The van der Waals surface area contributed by atoms with Crippen molar-refractivity contribution >= 4 is 28.9 Å². The number of piperazine rings is 1. The minimum absolute atomic E-state index is 0.122. The number of rotatable bonds is 5. The maximum atomic E-state index is 14.1. The van der Waals surface area contributed by atoms with Crippen LogP contribution in [-0.2, 0) is 0 Å². The number of carbonyl (C=O) groups excluding carboxylic acids is 1. The van der Waals surface area contributed by atoms with Gasteiger partial charge in [0.1, 0.15) is 5.56 Å². The Kier molecular flexibility index (Phi) is 6.72. The molecule has 0 bridgehead atoms. The van der Waals surface area contributed by atoms with Gasteiger partial charge in [0.2, 0.25) is 11.6 Å². The third-order valence-corrected chi connectivity index (χ3v) is 5.32. The molecule has 0 unspecified atom stereocenters. The Labute approximate surface area is 176 Å². The molecule has 162 valence electrons. The van der Waals surface area contributed by atoms with E-state index in [1.54, 1.807) is 6.07 Å². The molecular formula is C20H20ClF4N3O2. The van der Waals surface area contributed by atoms with Crippen LogP contribution in [0.15, 0.2) is 18.2 Å². The van der Waals surface area contributed by atoms with Crippen LogP contribution in [0, 0.1) is 23.3 Å². The Bertz CT molecular complexity index is 937. The lowest BCUT2D eigenvalue weighted by atomic mass is 10.1. The first kappa shape index (κ1) is 22.2. The molecule has 0 saturated carbocycles. The molecule has 1 aliphatic rings. The average molecular weight is 446 g/mol. The molecule has 1 heterocycles. The SMILES string of the molecule is CCN1CCN(c2ccc(NC(=O)c3c(F)c(F)c(OC)c(F)c3F)cc2Cl)CC1. The van der Waals surface area contributed by atoms with E-state index in [9.17, 15) is 22.4 Å². The Morgan fingerprint density at radius 3 is 2.17 bits per heavy atom. The molecule has 0 atom stereocenters. The summed E-state index contributed by atoms with van der Waals surface area (Å²) >= 11 is 6.32. The van der Waals surface area contributed by atoms with Crippen LogP contribution in [-0.4, -0.2) is 50.6 Å². The van der Waals surface area contributed by atoms with Gasteiger partial charge in [0.05, 0.1) is 17.8 Å². The number of nitrogens with one attached hydrogen (secondary N) is 1. The van der Waals surface area contributed by atoms with Crippen molar-refractivity contribution in [2.45, 2.75) is 6.92 Å². The molecule has 30 heavy (non-hydrogen) atoms. The van der Waals surface area contributed by atoms with Gasteiger partial charge in [-0.05, 0) is 24.7 Å². The third kappa shape index (κ3) is 4.17. The van der Waals surface area contributed by atoms with Gasteiger partial charge < -0.3 is 19.9 Å². The highest BCUT2D eigenvalue weighted by molar-refractivity contribution is 6.33. The van der Waals surface area contributed by atoms with Crippen molar-refractivity contribution in [2.24, 2.45) is 0 Å². The lowest BCUT2D eigenvalue weighted by Crippen LogP contribution is -2.46. The minimum atomic E-state index is -1.85. The Hall–Kier alpha value is -2.52. The fraction of sp³-hybridized carbons (Fsp3) is 0.350. The molecule has 10 heteroatoms. The van der Waals surface area contributed by atoms with Gasteiger partial charge in [0.15, 0.2) is 17.4 Å². The van der Waals surface area contributed by atoms with Crippen molar-refractivity contribution < 1.29 is 27.1 Å². The summed E-state index contributed by atoms with van der Waals surface area (Å²) in [6.07, 6.45) is 0. The zero-order chi connectivity index (χ0) is 22.0. The van der Waals surface area contributed by atoms with Crippen molar-refractivity contribution in [1.29, 1.82) is 0 Å². The Morgan fingerprint density at radius 2 is 1.67 bits per heavy atom. The average Bonchev–Trinajstić information content (AvgIpc) is 2.73. The van der Waals surface area contributed by atoms with Gasteiger partial charge in [0.25, 0.3) is 5.91 Å². The number of methoxy groups -OCH3 is 1. The molecule has 1 aliphatic heterocycles. The first-order valence-electron chi connectivity index (χ1n) is 9.26. The monoisotopic (exact) mass is 445 g/mol. The van der Waals surface area contributed by atoms with Crippen LogP contribution >= 0.6 is 11.6 Å². The number of anilines is 2. The maximum absolute atomic E-state index is 14.1. The highest BCUT2D eigenvalue weighted by atomic mass is 35.5. The highest BCUT2D eigenvalue weighted by Gasteiger charge is 2.30. The van der Waals surface area contributed by atoms with E-state index in [0.29, 0.717) is 5.02 Å².